The van der Waals surface area contributed by atoms with Crippen molar-refractivity contribution >= 4 is 34.9 Å². The van der Waals surface area contributed by atoms with Crippen LogP contribution >= 0.6 is 23.2 Å². The van der Waals surface area contributed by atoms with Crippen LogP contribution in [0.3, 0.4) is 0 Å². The molecule has 0 aliphatic heterocycles. The smallest absolute Gasteiger partial charge is 0.251 e. The number of Topliss-reactive ketones (excluding diaryl/α,β-unsaturated/α-hetero) is 1. The van der Waals surface area contributed by atoms with Gasteiger partial charge in [0.25, 0.3) is 5.91 Å². The molecule has 0 saturated carbocycles. The molecule has 4 aromatic rings. The standard InChI is InChI=1S/C30H29Cl2FN4O4/c31-24-12-9-20(16-25(24)32)13-15-40-23-10-7-19(8-11-23)17-27-36-29(37-41-27)28(38)26(6-1-2-14-34)35-30(39)21-4-3-5-22(33)18-21/h3-5,7-12,16,18,26H,1-2,6,13-15,17,34H2,(H,35,39)/t26-/m0/s1. The molecule has 1 atom stereocenters. The first kappa shape index (κ1) is 30.2. The number of carbonyl (C=O) groups is 2. The first-order valence-corrected chi connectivity index (χ1v) is 13.9. The summed E-state index contributed by atoms with van der Waals surface area (Å²) in [7, 11) is 0. The van der Waals surface area contributed by atoms with Gasteiger partial charge in [-0.3, -0.25) is 9.59 Å². The van der Waals surface area contributed by atoms with E-state index < -0.39 is 23.5 Å². The summed E-state index contributed by atoms with van der Waals surface area (Å²) < 4.78 is 24.7. The van der Waals surface area contributed by atoms with Gasteiger partial charge in [0.15, 0.2) is 0 Å². The molecule has 1 amide bonds. The molecule has 0 fully saturated rings. The number of nitrogens with one attached hydrogen (secondary N) is 1. The topological polar surface area (TPSA) is 120 Å². The molecule has 0 saturated heterocycles. The number of hydrogen-bond donors (Lipinski definition) is 2. The summed E-state index contributed by atoms with van der Waals surface area (Å²) in [6.45, 7) is 0.917. The largest absolute Gasteiger partial charge is 0.493 e. The van der Waals surface area contributed by atoms with Crippen LogP contribution in [-0.4, -0.2) is 41.0 Å². The lowest BCUT2D eigenvalue weighted by molar-refractivity contribution is 0.0843. The summed E-state index contributed by atoms with van der Waals surface area (Å²) in [5.74, 6) is -0.802. The van der Waals surface area contributed by atoms with E-state index in [2.05, 4.69) is 15.5 Å². The Morgan fingerprint density at radius 3 is 2.51 bits per heavy atom. The molecule has 3 aromatic carbocycles. The molecule has 11 heteroatoms. The Hall–Kier alpha value is -3.79. The van der Waals surface area contributed by atoms with Gasteiger partial charge in [0.05, 0.1) is 29.1 Å². The van der Waals surface area contributed by atoms with Crippen molar-refractivity contribution in [1.29, 1.82) is 0 Å². The zero-order valence-electron chi connectivity index (χ0n) is 22.1. The van der Waals surface area contributed by atoms with Gasteiger partial charge >= 0.3 is 0 Å². The number of ether oxygens (including phenoxy) is 1. The fourth-order valence-electron chi connectivity index (χ4n) is 4.08. The van der Waals surface area contributed by atoms with Crippen molar-refractivity contribution < 1.29 is 23.2 Å². The number of nitrogens with two attached hydrogens (primary N) is 1. The molecule has 214 valence electrons. The Labute approximate surface area is 247 Å². The van der Waals surface area contributed by atoms with Crippen LogP contribution < -0.4 is 15.8 Å². The molecule has 0 radical (unpaired) electrons. The number of hydrogen-bond acceptors (Lipinski definition) is 7. The van der Waals surface area contributed by atoms with Gasteiger partial charge in [0.1, 0.15) is 11.6 Å². The minimum Gasteiger partial charge on any atom is -0.493 e. The van der Waals surface area contributed by atoms with E-state index in [-0.39, 0.29) is 17.3 Å². The maximum Gasteiger partial charge on any atom is 0.251 e. The number of nitrogens with zero attached hydrogens (tertiary/aromatic N) is 2. The van der Waals surface area contributed by atoms with Crippen molar-refractivity contribution in [3.05, 3.63) is 111 Å². The van der Waals surface area contributed by atoms with Crippen LogP contribution in [0.2, 0.25) is 10.0 Å². The fraction of sp³-hybridized carbons (Fsp3) is 0.267. The predicted molar refractivity (Wildman–Crippen MR) is 154 cm³/mol. The van der Waals surface area contributed by atoms with Crippen LogP contribution in [0.25, 0.3) is 0 Å². The van der Waals surface area contributed by atoms with Gasteiger partial charge in [-0.2, -0.15) is 4.98 Å². The molecule has 8 nitrogen and oxygen atoms in total. The number of amides is 1. The van der Waals surface area contributed by atoms with E-state index in [0.29, 0.717) is 61.1 Å². The van der Waals surface area contributed by atoms with Crippen LogP contribution in [-0.2, 0) is 12.8 Å². The third kappa shape index (κ3) is 8.85. The molecular formula is C30H29Cl2FN4O4. The van der Waals surface area contributed by atoms with Crippen molar-refractivity contribution in [1.82, 2.24) is 15.5 Å². The maximum absolute atomic E-state index is 13.6. The minimum atomic E-state index is -0.914. The quantitative estimate of drug-likeness (QED) is 0.138. The number of unbranched alkanes of at least 4 members (excludes halogenated alkanes) is 1. The third-order valence-electron chi connectivity index (χ3n) is 6.27. The lowest BCUT2D eigenvalue weighted by atomic mass is 10.0. The van der Waals surface area contributed by atoms with Crippen molar-refractivity contribution in [2.24, 2.45) is 5.73 Å². The lowest BCUT2D eigenvalue weighted by Gasteiger charge is -2.16. The Bertz CT molecular complexity index is 1480. The van der Waals surface area contributed by atoms with Crippen LogP contribution in [0.4, 0.5) is 4.39 Å². The zero-order chi connectivity index (χ0) is 29.2. The van der Waals surface area contributed by atoms with Crippen molar-refractivity contribution in [3.63, 3.8) is 0 Å². The van der Waals surface area contributed by atoms with Crippen LogP contribution in [0.1, 0.15) is 57.3 Å². The Balaban J connectivity index is 1.34. The van der Waals surface area contributed by atoms with Gasteiger partial charge in [-0.1, -0.05) is 52.6 Å². The number of benzene rings is 3. The summed E-state index contributed by atoms with van der Waals surface area (Å²) in [6.07, 6.45) is 2.58. The Kier molecular flexibility index (Phi) is 10.8. The van der Waals surface area contributed by atoms with Crippen LogP contribution in [0.15, 0.2) is 71.3 Å². The van der Waals surface area contributed by atoms with E-state index in [0.717, 1.165) is 17.2 Å². The lowest BCUT2D eigenvalue weighted by Crippen LogP contribution is -2.41. The molecule has 41 heavy (non-hydrogen) atoms. The van der Waals surface area contributed by atoms with Gasteiger partial charge in [0, 0.05) is 12.0 Å². The average Bonchev–Trinajstić information content (AvgIpc) is 3.43. The van der Waals surface area contributed by atoms with Gasteiger partial charge in [-0.05, 0) is 79.4 Å². The molecular weight excluding hydrogens is 570 g/mol. The number of rotatable bonds is 14. The van der Waals surface area contributed by atoms with Gasteiger partial charge in [-0.15, -0.1) is 0 Å². The number of carbonyl (C=O) groups excluding carboxylic acids is 2. The van der Waals surface area contributed by atoms with Crippen LogP contribution in [0.5, 0.6) is 5.75 Å². The number of halogens is 3. The van der Waals surface area contributed by atoms with Gasteiger partial charge < -0.3 is 20.3 Å². The fourth-order valence-corrected chi connectivity index (χ4v) is 4.40. The van der Waals surface area contributed by atoms with E-state index >= 15 is 0 Å². The molecule has 0 spiro atoms. The molecule has 3 N–H and O–H groups in total. The summed E-state index contributed by atoms with van der Waals surface area (Å²) >= 11 is 12.0. The molecule has 4 rings (SSSR count). The van der Waals surface area contributed by atoms with Gasteiger partial charge in [0.2, 0.25) is 17.5 Å². The van der Waals surface area contributed by atoms with E-state index in [1.54, 1.807) is 6.07 Å². The highest BCUT2D eigenvalue weighted by Gasteiger charge is 2.27. The Morgan fingerprint density at radius 2 is 1.78 bits per heavy atom. The summed E-state index contributed by atoms with van der Waals surface area (Å²) in [4.78, 5) is 30.1. The highest BCUT2D eigenvalue weighted by atomic mass is 35.5. The minimum absolute atomic E-state index is 0.109. The summed E-state index contributed by atoms with van der Waals surface area (Å²) in [6, 6.07) is 17.2. The number of ketones is 1. The molecule has 1 heterocycles. The second-order valence-electron chi connectivity index (χ2n) is 9.36. The van der Waals surface area contributed by atoms with Crippen molar-refractivity contribution in [2.75, 3.05) is 13.2 Å². The predicted octanol–water partition coefficient (Wildman–Crippen LogP) is 5.84. The van der Waals surface area contributed by atoms with Crippen molar-refractivity contribution in [2.45, 2.75) is 38.1 Å². The second-order valence-corrected chi connectivity index (χ2v) is 10.2. The molecule has 0 unspecified atom stereocenters. The van der Waals surface area contributed by atoms with E-state index in [1.807, 2.05) is 36.4 Å². The van der Waals surface area contributed by atoms with E-state index in [4.69, 9.17) is 38.2 Å². The third-order valence-corrected chi connectivity index (χ3v) is 7.01. The average molecular weight is 599 g/mol. The Morgan fingerprint density at radius 1 is 1.00 bits per heavy atom. The monoisotopic (exact) mass is 598 g/mol. The molecule has 1 aromatic heterocycles. The first-order chi connectivity index (χ1) is 19.8. The summed E-state index contributed by atoms with van der Waals surface area (Å²) in [5, 5.41) is 7.53. The highest BCUT2D eigenvalue weighted by molar-refractivity contribution is 6.42. The van der Waals surface area contributed by atoms with Crippen LogP contribution in [0, 0.1) is 5.82 Å². The second kappa shape index (κ2) is 14.7. The summed E-state index contributed by atoms with van der Waals surface area (Å²) in [5.41, 5.74) is 7.59. The molecule has 0 aliphatic carbocycles. The first-order valence-electron chi connectivity index (χ1n) is 13.1. The maximum atomic E-state index is 13.6. The zero-order valence-corrected chi connectivity index (χ0v) is 23.6. The van der Waals surface area contributed by atoms with E-state index in [1.165, 1.54) is 18.2 Å². The molecule has 0 aliphatic rings. The highest BCUT2D eigenvalue weighted by Crippen LogP contribution is 2.23. The van der Waals surface area contributed by atoms with Crippen molar-refractivity contribution in [3.8, 4) is 5.75 Å². The van der Waals surface area contributed by atoms with E-state index in [9.17, 15) is 14.0 Å². The SMILES string of the molecule is NCCCC[C@H](NC(=O)c1cccc(F)c1)C(=O)c1noc(Cc2ccc(OCCc3ccc(Cl)c(Cl)c3)cc2)n1. The van der Waals surface area contributed by atoms with Gasteiger partial charge in [-0.25, -0.2) is 4.39 Å². The molecule has 0 bridgehead atoms. The number of aromatic nitrogens is 2. The normalized spacial score (nSPS) is 11.7.